The van der Waals surface area contributed by atoms with Crippen LogP contribution in [0.4, 0.5) is 0 Å². The summed E-state index contributed by atoms with van der Waals surface area (Å²) in [6.45, 7) is 5.45. The zero-order valence-corrected chi connectivity index (χ0v) is 4.89. The normalized spacial score (nSPS) is 8.33. The van der Waals surface area contributed by atoms with E-state index >= 15 is 0 Å². The van der Waals surface area contributed by atoms with E-state index in [0.717, 1.165) is 0 Å². The van der Waals surface area contributed by atoms with E-state index in [1.54, 1.807) is 12.1 Å². The summed E-state index contributed by atoms with van der Waals surface area (Å²) in [4.78, 5) is 0. The Hall–Kier alpha value is -1.42. The van der Waals surface area contributed by atoms with Crippen LogP contribution in [0, 0.1) is 5.41 Å². The van der Waals surface area contributed by atoms with E-state index in [0.29, 0.717) is 10.4 Å². The molecular formula is C8H6N+. The zero-order valence-electron chi connectivity index (χ0n) is 4.89. The largest absolute Gasteiger partial charge is 0.246 e. The van der Waals surface area contributed by atoms with Crippen LogP contribution in [0.2, 0.25) is 0 Å². The van der Waals surface area contributed by atoms with Crippen LogP contribution < -0.4 is 10.4 Å². The van der Waals surface area contributed by atoms with Gasteiger partial charge < -0.3 is 0 Å². The summed E-state index contributed by atoms with van der Waals surface area (Å²) in [6.07, 6.45) is 0. The molecule has 0 aliphatic heterocycles. The van der Waals surface area contributed by atoms with Crippen LogP contribution in [0.25, 0.3) is 6.58 Å². The first-order chi connectivity index (χ1) is 4.34. The quantitative estimate of drug-likeness (QED) is 0.361. The smallest absolute Gasteiger partial charge is 0.197 e. The van der Waals surface area contributed by atoms with Crippen LogP contribution >= 0.6 is 0 Å². The average molecular weight is 116 g/mol. The second-order valence-electron chi connectivity index (χ2n) is 1.71. The molecule has 1 rings (SSSR count). The predicted octanol–water partition coefficient (Wildman–Crippen LogP) is -0.106. The van der Waals surface area contributed by atoms with Gasteiger partial charge in [-0.05, 0) is 12.1 Å². The third-order valence-corrected chi connectivity index (χ3v) is 1.10. The Morgan fingerprint density at radius 2 is 2.00 bits per heavy atom. The third kappa shape index (κ3) is 1.03. The van der Waals surface area contributed by atoms with Gasteiger partial charge in [0.15, 0.2) is 10.4 Å². The first kappa shape index (κ1) is 5.71. The van der Waals surface area contributed by atoms with Crippen molar-refractivity contribution < 1.29 is 0 Å². The highest BCUT2D eigenvalue weighted by Gasteiger charge is 1.86. The summed E-state index contributed by atoms with van der Waals surface area (Å²) < 4.78 is 0. The molecule has 0 radical (unpaired) electrons. The van der Waals surface area contributed by atoms with E-state index in [-0.39, 0.29) is 0 Å². The van der Waals surface area contributed by atoms with E-state index in [2.05, 4.69) is 5.87 Å². The molecule has 0 fully saturated rings. The molecular weight excluding hydrogens is 110 g/mol. The lowest BCUT2D eigenvalue weighted by Gasteiger charge is -1.68. The van der Waals surface area contributed by atoms with Crippen LogP contribution in [0.15, 0.2) is 24.3 Å². The number of benzene rings is 1. The lowest BCUT2D eigenvalue weighted by molar-refractivity contribution is 1.51. The lowest BCUT2D eigenvalue weighted by Crippen LogP contribution is -2.22. The minimum absolute atomic E-state index is 0.604. The third-order valence-electron chi connectivity index (χ3n) is 1.10. The molecule has 1 heteroatoms. The monoisotopic (exact) mass is 116 g/mol. The number of hydrogen-bond donors (Lipinski definition) is 1. The van der Waals surface area contributed by atoms with Crippen LogP contribution in [-0.4, -0.2) is 5.87 Å². The molecule has 0 amide bonds. The van der Waals surface area contributed by atoms with Crippen molar-refractivity contribution in [2.45, 2.75) is 0 Å². The SMILES string of the molecule is [CH+]=c1ccccc1=C=N. The fourth-order valence-electron chi connectivity index (χ4n) is 0.611. The summed E-state index contributed by atoms with van der Waals surface area (Å²) in [5.41, 5.74) is 0. The van der Waals surface area contributed by atoms with Crippen molar-refractivity contribution in [1.29, 1.82) is 5.41 Å². The van der Waals surface area contributed by atoms with Crippen molar-refractivity contribution in [3.8, 4) is 0 Å². The van der Waals surface area contributed by atoms with Gasteiger partial charge in [0.25, 0.3) is 0 Å². The summed E-state index contributed by atoms with van der Waals surface area (Å²) in [6, 6.07) is 7.16. The Bertz CT molecular complexity index is 321. The molecule has 1 aromatic rings. The Labute approximate surface area is 53.5 Å². The van der Waals surface area contributed by atoms with E-state index in [9.17, 15) is 0 Å². The minimum atomic E-state index is 0.604. The molecule has 0 aliphatic carbocycles. The van der Waals surface area contributed by atoms with E-state index < -0.39 is 0 Å². The molecule has 0 aliphatic rings. The van der Waals surface area contributed by atoms with Crippen molar-refractivity contribution in [3.63, 3.8) is 0 Å². The van der Waals surface area contributed by atoms with Crippen molar-refractivity contribution in [3.05, 3.63) is 34.7 Å². The summed E-state index contributed by atoms with van der Waals surface area (Å²) >= 11 is 0. The summed E-state index contributed by atoms with van der Waals surface area (Å²) in [5.74, 6) is 2.22. The molecule has 1 nitrogen and oxygen atoms in total. The summed E-state index contributed by atoms with van der Waals surface area (Å²) in [7, 11) is 0. The van der Waals surface area contributed by atoms with E-state index in [1.165, 1.54) is 0 Å². The molecule has 0 spiro atoms. The highest BCUT2D eigenvalue weighted by atomic mass is 14.3. The first-order valence-electron chi connectivity index (χ1n) is 2.62. The van der Waals surface area contributed by atoms with Gasteiger partial charge in [-0.15, -0.1) is 0 Å². The summed E-state index contributed by atoms with van der Waals surface area (Å²) in [5, 5.41) is 8.01. The maximum Gasteiger partial charge on any atom is 0.197 e. The highest BCUT2D eigenvalue weighted by molar-refractivity contribution is 5.48. The minimum Gasteiger partial charge on any atom is -0.246 e. The van der Waals surface area contributed by atoms with Crippen molar-refractivity contribution >= 4 is 12.4 Å². The fourth-order valence-corrected chi connectivity index (χ4v) is 0.611. The van der Waals surface area contributed by atoms with Gasteiger partial charge in [-0.25, -0.2) is 5.41 Å². The molecule has 42 valence electrons. The molecule has 1 N–H and O–H groups in total. The molecule has 9 heavy (non-hydrogen) atoms. The zero-order chi connectivity index (χ0) is 6.69. The van der Waals surface area contributed by atoms with Gasteiger partial charge in [-0.2, -0.15) is 0 Å². The molecule has 0 aromatic heterocycles. The maximum absolute atomic E-state index is 6.75. The Balaban J connectivity index is 3.73. The van der Waals surface area contributed by atoms with Crippen molar-refractivity contribution in [1.82, 2.24) is 0 Å². The fraction of sp³-hybridized carbons (Fsp3) is 0. The van der Waals surface area contributed by atoms with E-state index in [4.69, 9.17) is 12.0 Å². The van der Waals surface area contributed by atoms with Gasteiger partial charge in [0.2, 0.25) is 0 Å². The Morgan fingerprint density at radius 1 is 1.33 bits per heavy atom. The second kappa shape index (κ2) is 2.23. The topological polar surface area (TPSA) is 23.9 Å². The first-order valence-corrected chi connectivity index (χ1v) is 2.62. The molecule has 0 atom stereocenters. The highest BCUT2D eigenvalue weighted by Crippen LogP contribution is 1.65. The van der Waals surface area contributed by atoms with Crippen LogP contribution in [-0.2, 0) is 0 Å². The van der Waals surface area contributed by atoms with Gasteiger partial charge in [0.05, 0.1) is 11.9 Å². The van der Waals surface area contributed by atoms with Gasteiger partial charge in [0.1, 0.15) is 0 Å². The molecule has 0 heterocycles. The molecule has 1 aromatic carbocycles. The molecule has 0 saturated carbocycles. The van der Waals surface area contributed by atoms with E-state index in [1.807, 2.05) is 12.1 Å². The van der Waals surface area contributed by atoms with Gasteiger partial charge in [0, 0.05) is 12.6 Å². The second-order valence-corrected chi connectivity index (χ2v) is 1.71. The Kier molecular flexibility index (Phi) is 1.42. The number of hydrogen-bond acceptors (Lipinski definition) is 1. The van der Waals surface area contributed by atoms with Gasteiger partial charge >= 0.3 is 0 Å². The number of rotatable bonds is 0. The van der Waals surface area contributed by atoms with Crippen molar-refractivity contribution in [2.24, 2.45) is 0 Å². The van der Waals surface area contributed by atoms with Crippen molar-refractivity contribution in [2.75, 3.05) is 0 Å². The molecule has 0 unspecified atom stereocenters. The standard InChI is InChI=1S/C8H6N/c1-7-4-2-3-5-8(7)6-9/h1-5,9H/q+1. The average Bonchev–Trinajstić information content (AvgIpc) is 1.89. The molecule has 0 saturated heterocycles. The lowest BCUT2D eigenvalue weighted by atomic mass is 10.3. The Morgan fingerprint density at radius 3 is 2.44 bits per heavy atom. The van der Waals surface area contributed by atoms with Crippen LogP contribution in [0.5, 0.6) is 0 Å². The maximum atomic E-state index is 6.75. The van der Waals surface area contributed by atoms with Gasteiger partial charge in [-0.1, -0.05) is 0 Å². The predicted molar refractivity (Wildman–Crippen MR) is 37.0 cm³/mol. The molecule has 0 bridgehead atoms. The van der Waals surface area contributed by atoms with Gasteiger partial charge in [-0.3, -0.25) is 0 Å². The number of nitrogens with one attached hydrogen (secondary N) is 1. The van der Waals surface area contributed by atoms with Crippen LogP contribution in [0.1, 0.15) is 0 Å². The van der Waals surface area contributed by atoms with Crippen LogP contribution in [0.3, 0.4) is 0 Å².